The zero-order valence-electron chi connectivity index (χ0n) is 12.1. The number of carbonyl (C=O) groups excluding carboxylic acids is 1. The summed E-state index contributed by atoms with van der Waals surface area (Å²) < 4.78 is 14.1. The fourth-order valence-corrected chi connectivity index (χ4v) is 3.19. The maximum absolute atomic E-state index is 14.1. The highest BCUT2D eigenvalue weighted by Gasteiger charge is 2.37. The molecule has 0 atom stereocenters. The number of fused-ring (bicyclic) bond motifs is 1. The highest BCUT2D eigenvalue weighted by molar-refractivity contribution is 7.98. The average molecular weight is 329 g/mol. The highest BCUT2D eigenvalue weighted by Crippen LogP contribution is 2.41. The molecule has 1 aliphatic heterocycles. The number of aliphatic carboxylic acids is 1. The van der Waals surface area contributed by atoms with E-state index >= 15 is 0 Å². The molecule has 0 fully saturated rings. The molecule has 116 valence electrons. The van der Waals surface area contributed by atoms with Crippen molar-refractivity contribution in [3.05, 3.63) is 65.5 Å². The molecule has 4 nitrogen and oxygen atoms in total. The number of nitrogens with zero attached hydrogens (tertiary/aromatic N) is 1. The van der Waals surface area contributed by atoms with Crippen molar-refractivity contribution in [2.24, 2.45) is 0 Å². The van der Waals surface area contributed by atoms with Crippen LogP contribution in [0.2, 0.25) is 0 Å². The largest absolute Gasteiger partial charge is 0.478 e. The number of carboxylic acids is 1. The van der Waals surface area contributed by atoms with Gasteiger partial charge in [-0.05, 0) is 24.5 Å². The normalized spacial score (nSPS) is 15.1. The Morgan fingerprint density at radius 2 is 1.96 bits per heavy atom. The number of halogens is 1. The number of hydrogen-bond acceptors (Lipinski definition) is 3. The van der Waals surface area contributed by atoms with Gasteiger partial charge in [0.15, 0.2) is 0 Å². The van der Waals surface area contributed by atoms with Crippen molar-refractivity contribution < 1.29 is 19.1 Å². The quantitative estimate of drug-likeness (QED) is 0.690. The molecule has 0 unspecified atom stereocenters. The van der Waals surface area contributed by atoms with Crippen LogP contribution in [0.5, 0.6) is 0 Å². The summed E-state index contributed by atoms with van der Waals surface area (Å²) in [5.41, 5.74) is 0.885. The highest BCUT2D eigenvalue weighted by atomic mass is 32.2. The zero-order valence-corrected chi connectivity index (χ0v) is 12.9. The second-order valence-electron chi connectivity index (χ2n) is 4.84. The van der Waals surface area contributed by atoms with Crippen molar-refractivity contribution in [1.82, 2.24) is 0 Å². The van der Waals surface area contributed by atoms with E-state index in [9.17, 15) is 14.0 Å². The first-order valence-corrected chi connectivity index (χ1v) is 7.98. The minimum Gasteiger partial charge on any atom is -0.478 e. The topological polar surface area (TPSA) is 57.6 Å². The standard InChI is InChI=1S/C17H12FNO3S/c1-23-14-8-3-2-7-12(14)19-13(9-15(20)21)10-5-4-6-11(18)16(10)17(19)22/h2-9H,1H3,(H,20,21). The SMILES string of the molecule is CSc1ccccc1N1C(=O)c2c(F)cccc2C1=CC(=O)O. The van der Waals surface area contributed by atoms with Crippen LogP contribution in [0.15, 0.2) is 53.4 Å². The van der Waals surface area contributed by atoms with E-state index < -0.39 is 17.7 Å². The molecule has 0 saturated carbocycles. The molecule has 0 spiro atoms. The van der Waals surface area contributed by atoms with E-state index in [1.165, 1.54) is 28.8 Å². The lowest BCUT2D eigenvalue weighted by Crippen LogP contribution is -2.24. The van der Waals surface area contributed by atoms with Crippen molar-refractivity contribution >= 4 is 35.0 Å². The van der Waals surface area contributed by atoms with E-state index in [0.717, 1.165) is 11.0 Å². The van der Waals surface area contributed by atoms with E-state index in [1.54, 1.807) is 18.2 Å². The molecule has 0 aromatic heterocycles. The molecule has 0 aliphatic carbocycles. The first kappa shape index (κ1) is 15.3. The van der Waals surface area contributed by atoms with Crippen LogP contribution >= 0.6 is 11.8 Å². The average Bonchev–Trinajstić information content (AvgIpc) is 2.80. The number of amides is 1. The first-order valence-electron chi connectivity index (χ1n) is 6.75. The van der Waals surface area contributed by atoms with Crippen molar-refractivity contribution in [1.29, 1.82) is 0 Å². The van der Waals surface area contributed by atoms with E-state index in [-0.39, 0.29) is 16.8 Å². The Morgan fingerprint density at radius 3 is 2.65 bits per heavy atom. The Balaban J connectivity index is 2.27. The lowest BCUT2D eigenvalue weighted by Gasteiger charge is -2.20. The fourth-order valence-electron chi connectivity index (χ4n) is 2.61. The molecule has 6 heteroatoms. The Kier molecular flexibility index (Phi) is 3.92. The van der Waals surface area contributed by atoms with E-state index in [4.69, 9.17) is 5.11 Å². The minimum absolute atomic E-state index is 0.101. The van der Waals surface area contributed by atoms with Crippen LogP contribution in [0, 0.1) is 5.82 Å². The molecule has 2 aromatic rings. The summed E-state index contributed by atoms with van der Waals surface area (Å²) in [5, 5.41) is 9.13. The predicted molar refractivity (Wildman–Crippen MR) is 87.0 cm³/mol. The van der Waals surface area contributed by atoms with E-state index in [0.29, 0.717) is 5.69 Å². The molecule has 1 aliphatic rings. The molecule has 23 heavy (non-hydrogen) atoms. The molecule has 0 radical (unpaired) electrons. The maximum Gasteiger partial charge on any atom is 0.330 e. The molecule has 0 saturated heterocycles. The van der Waals surface area contributed by atoms with Crippen molar-refractivity contribution in [3.8, 4) is 0 Å². The van der Waals surface area contributed by atoms with Crippen LogP contribution in [0.3, 0.4) is 0 Å². The maximum atomic E-state index is 14.1. The van der Waals surface area contributed by atoms with Crippen LogP contribution in [0.25, 0.3) is 5.70 Å². The van der Waals surface area contributed by atoms with Gasteiger partial charge in [-0.2, -0.15) is 0 Å². The van der Waals surface area contributed by atoms with Crippen molar-refractivity contribution in [2.45, 2.75) is 4.90 Å². The molecular formula is C17H12FNO3S. The molecule has 2 aromatic carbocycles. The summed E-state index contributed by atoms with van der Waals surface area (Å²) in [4.78, 5) is 25.9. The van der Waals surface area contributed by atoms with Gasteiger partial charge in [-0.3, -0.25) is 9.69 Å². The van der Waals surface area contributed by atoms with Crippen LogP contribution in [0.4, 0.5) is 10.1 Å². The second-order valence-corrected chi connectivity index (χ2v) is 5.69. The number of hydrogen-bond donors (Lipinski definition) is 1. The van der Waals surface area contributed by atoms with Gasteiger partial charge < -0.3 is 5.11 Å². The summed E-state index contributed by atoms with van der Waals surface area (Å²) in [6.07, 6.45) is 2.79. The molecule has 1 heterocycles. The van der Waals surface area contributed by atoms with Gasteiger partial charge in [-0.1, -0.05) is 24.3 Å². The Hall–Kier alpha value is -2.60. The summed E-state index contributed by atoms with van der Waals surface area (Å²) in [5.74, 6) is -2.42. The predicted octanol–water partition coefficient (Wildman–Crippen LogP) is 3.63. The molecular weight excluding hydrogens is 317 g/mol. The molecule has 1 N–H and O–H groups in total. The smallest absolute Gasteiger partial charge is 0.330 e. The van der Waals surface area contributed by atoms with Gasteiger partial charge in [0.1, 0.15) is 5.82 Å². The lowest BCUT2D eigenvalue weighted by molar-refractivity contribution is -0.131. The molecule has 0 bridgehead atoms. The zero-order chi connectivity index (χ0) is 16.6. The third-order valence-corrected chi connectivity index (χ3v) is 4.32. The number of carboxylic acid groups (broad SMARTS) is 1. The van der Waals surface area contributed by atoms with Crippen LogP contribution in [-0.2, 0) is 4.79 Å². The summed E-state index contributed by atoms with van der Waals surface area (Å²) >= 11 is 1.43. The van der Waals surface area contributed by atoms with Crippen LogP contribution < -0.4 is 4.90 Å². The van der Waals surface area contributed by atoms with Gasteiger partial charge in [-0.25, -0.2) is 9.18 Å². The van der Waals surface area contributed by atoms with Crippen molar-refractivity contribution in [2.75, 3.05) is 11.2 Å². The summed E-state index contributed by atoms with van der Waals surface area (Å²) in [6.45, 7) is 0. The third-order valence-electron chi connectivity index (χ3n) is 3.53. The summed E-state index contributed by atoms with van der Waals surface area (Å²) in [6, 6.07) is 11.3. The van der Waals surface area contributed by atoms with Gasteiger partial charge in [-0.15, -0.1) is 11.8 Å². The monoisotopic (exact) mass is 329 g/mol. The number of anilines is 1. The van der Waals surface area contributed by atoms with Crippen molar-refractivity contribution in [3.63, 3.8) is 0 Å². The molecule has 1 amide bonds. The van der Waals surface area contributed by atoms with Crippen LogP contribution in [0.1, 0.15) is 15.9 Å². The number of benzene rings is 2. The van der Waals surface area contributed by atoms with Gasteiger partial charge in [0, 0.05) is 16.5 Å². The van der Waals surface area contributed by atoms with Crippen LogP contribution in [-0.4, -0.2) is 23.2 Å². The Morgan fingerprint density at radius 1 is 1.22 bits per heavy atom. The van der Waals surface area contributed by atoms with E-state index in [2.05, 4.69) is 0 Å². The number of rotatable bonds is 3. The second kappa shape index (κ2) is 5.89. The Bertz CT molecular complexity index is 847. The van der Waals surface area contributed by atoms with Gasteiger partial charge in [0.05, 0.1) is 16.9 Å². The van der Waals surface area contributed by atoms with Gasteiger partial charge in [0.2, 0.25) is 0 Å². The number of para-hydroxylation sites is 1. The minimum atomic E-state index is -1.20. The number of thioether (sulfide) groups is 1. The van der Waals surface area contributed by atoms with Gasteiger partial charge >= 0.3 is 5.97 Å². The first-order chi connectivity index (χ1) is 11.0. The third kappa shape index (κ3) is 2.51. The van der Waals surface area contributed by atoms with Gasteiger partial charge in [0.25, 0.3) is 5.91 Å². The Labute approximate surface area is 136 Å². The summed E-state index contributed by atoms with van der Waals surface area (Å²) in [7, 11) is 0. The lowest BCUT2D eigenvalue weighted by atomic mass is 10.1. The number of carbonyl (C=O) groups is 2. The fraction of sp³-hybridized carbons (Fsp3) is 0.0588. The van der Waals surface area contributed by atoms with E-state index in [1.807, 2.05) is 18.4 Å². The molecule has 3 rings (SSSR count).